The van der Waals surface area contributed by atoms with E-state index in [1.54, 1.807) is 0 Å². The highest BCUT2D eigenvalue weighted by atomic mass is 14.8. The lowest BCUT2D eigenvalue weighted by Crippen LogP contribution is -2.40. The predicted molar refractivity (Wildman–Crippen MR) is 99.8 cm³/mol. The predicted octanol–water partition coefficient (Wildman–Crippen LogP) is 4.66. The fraction of sp³-hybridized carbons (Fsp3) is 0.217. The third kappa shape index (κ3) is 2.88. The second kappa shape index (κ2) is 7.02. The first kappa shape index (κ1) is 16.5. The minimum atomic E-state index is -0.750. The molecule has 0 amide bonds. The van der Waals surface area contributed by atoms with E-state index < -0.39 is 5.54 Å². The first-order valence-electron chi connectivity index (χ1n) is 8.55. The zero-order valence-electron chi connectivity index (χ0n) is 14.3. The smallest absolute Gasteiger partial charge is 0.0937 e. The van der Waals surface area contributed by atoms with Crippen molar-refractivity contribution in [1.82, 2.24) is 0 Å². The number of hydrogen-bond acceptors (Lipinski definition) is 1. The van der Waals surface area contributed by atoms with Crippen molar-refractivity contribution in [2.45, 2.75) is 32.2 Å². The molecule has 1 nitrogen and oxygen atoms in total. The van der Waals surface area contributed by atoms with Crippen LogP contribution in [0.15, 0.2) is 66.7 Å². The van der Waals surface area contributed by atoms with Crippen molar-refractivity contribution in [1.29, 1.82) is 0 Å². The Hall–Kier alpha value is -2.38. The third-order valence-corrected chi connectivity index (χ3v) is 4.65. The second-order valence-corrected chi connectivity index (χ2v) is 6.06. The van der Waals surface area contributed by atoms with Crippen LogP contribution in [-0.2, 0) is 18.4 Å². The van der Waals surface area contributed by atoms with Gasteiger partial charge >= 0.3 is 0 Å². The van der Waals surface area contributed by atoms with Gasteiger partial charge in [0.05, 0.1) is 5.54 Å². The number of benzene rings is 3. The van der Waals surface area contributed by atoms with Gasteiger partial charge in [-0.3, -0.25) is 0 Å². The normalized spacial score (nSPS) is 11.5. The largest absolute Gasteiger partial charge is 0.314 e. The molecule has 3 rings (SSSR count). The van der Waals surface area contributed by atoms with Crippen LogP contribution in [0.4, 0.5) is 0 Å². The Morgan fingerprint density at radius 3 is 1.92 bits per heavy atom. The summed E-state index contributed by atoms with van der Waals surface area (Å²) in [5.41, 5.74) is 12.0. The zero-order chi connectivity index (χ0) is 17.0. The quantitative estimate of drug-likeness (QED) is 0.681. The van der Waals surface area contributed by atoms with Gasteiger partial charge in [-0.1, -0.05) is 80.6 Å². The van der Waals surface area contributed by atoms with Crippen LogP contribution >= 0.6 is 0 Å². The van der Waals surface area contributed by atoms with Gasteiger partial charge in [-0.25, -0.2) is 0 Å². The topological polar surface area (TPSA) is 26.0 Å². The van der Waals surface area contributed by atoms with Crippen molar-refractivity contribution in [3.63, 3.8) is 0 Å². The van der Waals surface area contributed by atoms with Crippen LogP contribution in [-0.4, -0.2) is 0 Å². The molecule has 0 saturated heterocycles. The summed E-state index contributed by atoms with van der Waals surface area (Å²) in [6.07, 6.45) is 1.97. The molecule has 3 aromatic rings. The molecule has 0 atom stereocenters. The molecular formula is C23H23N. The Labute approximate surface area is 145 Å². The highest BCUT2D eigenvalue weighted by molar-refractivity contribution is 5.51. The summed E-state index contributed by atoms with van der Waals surface area (Å²) >= 11 is 0. The number of rotatable bonds is 5. The van der Waals surface area contributed by atoms with Gasteiger partial charge in [0.1, 0.15) is 0 Å². The highest BCUT2D eigenvalue weighted by Crippen LogP contribution is 2.36. The lowest BCUT2D eigenvalue weighted by Gasteiger charge is -2.33. The van der Waals surface area contributed by atoms with Gasteiger partial charge < -0.3 is 5.73 Å². The molecule has 24 heavy (non-hydrogen) atoms. The summed E-state index contributed by atoms with van der Waals surface area (Å²) in [5, 5.41) is 0. The Balaban J connectivity index is 2.27. The summed E-state index contributed by atoms with van der Waals surface area (Å²) in [7, 11) is 0. The third-order valence-electron chi connectivity index (χ3n) is 4.65. The first-order valence-corrected chi connectivity index (χ1v) is 8.55. The summed E-state index contributed by atoms with van der Waals surface area (Å²) in [5.74, 6) is 0. The number of nitrogens with two attached hydrogens (primary N) is 1. The molecule has 0 aliphatic heterocycles. The SMILES string of the molecule is CCc1ccc(C(N)(c2[c]cccc2)c2[c]cccc2)c(CC)c1. The van der Waals surface area contributed by atoms with E-state index in [-0.39, 0.29) is 0 Å². The second-order valence-electron chi connectivity index (χ2n) is 6.06. The maximum atomic E-state index is 7.07. The molecule has 0 aliphatic rings. The van der Waals surface area contributed by atoms with Gasteiger partial charge in [0.15, 0.2) is 0 Å². The molecule has 2 N–H and O–H groups in total. The van der Waals surface area contributed by atoms with Gasteiger partial charge in [-0.15, -0.1) is 0 Å². The van der Waals surface area contributed by atoms with Gasteiger partial charge in [-0.2, -0.15) is 0 Å². The molecule has 0 heterocycles. The van der Waals surface area contributed by atoms with E-state index in [0.29, 0.717) is 0 Å². The van der Waals surface area contributed by atoms with Gasteiger partial charge in [0.25, 0.3) is 0 Å². The maximum absolute atomic E-state index is 7.07. The molecule has 1 heteroatoms. The summed E-state index contributed by atoms with van der Waals surface area (Å²) in [6, 6.07) is 29.2. The Kier molecular flexibility index (Phi) is 4.82. The molecule has 0 bridgehead atoms. The average molecular weight is 313 g/mol. The fourth-order valence-electron chi connectivity index (χ4n) is 3.26. The first-order chi connectivity index (χ1) is 11.7. The van der Waals surface area contributed by atoms with Crippen LogP contribution in [0.1, 0.15) is 41.7 Å². The lowest BCUT2D eigenvalue weighted by atomic mass is 9.75. The molecule has 0 unspecified atom stereocenters. The molecule has 2 radical (unpaired) electrons. The number of aryl methyl sites for hydroxylation is 2. The van der Waals surface area contributed by atoms with E-state index in [2.05, 4.69) is 44.2 Å². The molecule has 120 valence electrons. The molecule has 0 fully saturated rings. The van der Waals surface area contributed by atoms with Crippen molar-refractivity contribution in [3.8, 4) is 0 Å². The average Bonchev–Trinajstić information content (AvgIpc) is 2.68. The van der Waals surface area contributed by atoms with Crippen LogP contribution in [0.3, 0.4) is 0 Å². The van der Waals surface area contributed by atoms with E-state index in [0.717, 1.165) is 29.5 Å². The van der Waals surface area contributed by atoms with E-state index in [4.69, 9.17) is 5.73 Å². The maximum Gasteiger partial charge on any atom is 0.0937 e. The van der Waals surface area contributed by atoms with Gasteiger partial charge in [0, 0.05) is 0 Å². The monoisotopic (exact) mass is 313 g/mol. The van der Waals surface area contributed by atoms with Crippen molar-refractivity contribution < 1.29 is 0 Å². The Morgan fingerprint density at radius 1 is 0.833 bits per heavy atom. The summed E-state index contributed by atoms with van der Waals surface area (Å²) in [6.45, 7) is 4.36. The Bertz CT molecular complexity index is 751. The van der Waals surface area contributed by atoms with Crippen LogP contribution in [0.2, 0.25) is 0 Å². The molecular weight excluding hydrogens is 290 g/mol. The molecule has 3 aromatic carbocycles. The minimum Gasteiger partial charge on any atom is -0.314 e. The summed E-state index contributed by atoms with van der Waals surface area (Å²) in [4.78, 5) is 0. The molecule has 0 spiro atoms. The van der Waals surface area contributed by atoms with Gasteiger partial charge in [0.2, 0.25) is 0 Å². The molecule has 0 saturated carbocycles. The summed E-state index contributed by atoms with van der Waals surface area (Å²) < 4.78 is 0. The van der Waals surface area contributed by atoms with E-state index in [1.165, 1.54) is 11.1 Å². The van der Waals surface area contributed by atoms with Crippen molar-refractivity contribution in [2.75, 3.05) is 0 Å². The number of hydrogen-bond donors (Lipinski definition) is 1. The van der Waals surface area contributed by atoms with E-state index in [9.17, 15) is 0 Å². The van der Waals surface area contributed by atoms with Crippen LogP contribution in [0, 0.1) is 12.1 Å². The van der Waals surface area contributed by atoms with E-state index in [1.807, 2.05) is 48.5 Å². The van der Waals surface area contributed by atoms with Crippen molar-refractivity contribution >= 4 is 0 Å². The van der Waals surface area contributed by atoms with Crippen molar-refractivity contribution in [3.05, 3.63) is 107 Å². The minimum absolute atomic E-state index is 0.750. The lowest BCUT2D eigenvalue weighted by molar-refractivity contribution is 0.641. The fourth-order valence-corrected chi connectivity index (χ4v) is 3.26. The van der Waals surface area contributed by atoms with Crippen LogP contribution in [0.5, 0.6) is 0 Å². The van der Waals surface area contributed by atoms with Crippen LogP contribution in [0.25, 0.3) is 0 Å². The molecule has 0 aromatic heterocycles. The standard InChI is InChI=1S/C23H23N/c1-3-18-15-16-22(19(4-2)17-18)23(24,20-11-7-5-8-12-20)21-13-9-6-10-14-21/h5-11,13,15-17H,3-4,24H2,1-2H3. The van der Waals surface area contributed by atoms with Crippen molar-refractivity contribution in [2.24, 2.45) is 5.73 Å². The highest BCUT2D eigenvalue weighted by Gasteiger charge is 2.33. The van der Waals surface area contributed by atoms with Gasteiger partial charge in [-0.05, 0) is 52.8 Å². The molecule has 0 aliphatic carbocycles. The Morgan fingerprint density at radius 2 is 1.46 bits per heavy atom. The zero-order valence-corrected chi connectivity index (χ0v) is 14.3. The van der Waals surface area contributed by atoms with E-state index >= 15 is 0 Å². The van der Waals surface area contributed by atoms with Crippen LogP contribution < -0.4 is 5.73 Å².